The van der Waals surface area contributed by atoms with Crippen LogP contribution in [0.4, 0.5) is 0 Å². The lowest BCUT2D eigenvalue weighted by Crippen LogP contribution is -2.36. The van der Waals surface area contributed by atoms with E-state index in [0.29, 0.717) is 9.33 Å². The quantitative estimate of drug-likeness (QED) is 0.318. The van der Waals surface area contributed by atoms with Gasteiger partial charge in [-0.15, -0.1) is 0 Å². The molecule has 0 saturated carbocycles. The van der Waals surface area contributed by atoms with Gasteiger partial charge < -0.3 is 4.74 Å². The number of ether oxygens (including phenoxy) is 1. The average Bonchev–Trinajstić information content (AvgIpc) is 3.16. The summed E-state index contributed by atoms with van der Waals surface area (Å²) in [5.74, 6) is 0.733. The summed E-state index contributed by atoms with van der Waals surface area (Å²) < 4.78 is 9.64. The van der Waals surface area contributed by atoms with E-state index in [2.05, 4.69) is 37.9 Å². The van der Waals surface area contributed by atoms with Crippen molar-refractivity contribution in [2.75, 3.05) is 7.11 Å². The molecule has 4 aromatic rings. The number of fused-ring (bicyclic) bond motifs is 1. The monoisotopic (exact) mass is 580 g/mol. The Morgan fingerprint density at radius 2 is 1.79 bits per heavy atom. The van der Waals surface area contributed by atoms with Crippen molar-refractivity contribution in [3.05, 3.63) is 124 Å². The first kappa shape index (κ1) is 22.1. The van der Waals surface area contributed by atoms with E-state index < -0.39 is 0 Å². The van der Waals surface area contributed by atoms with Crippen LogP contribution in [0.2, 0.25) is 0 Å². The summed E-state index contributed by atoms with van der Waals surface area (Å²) >= 11 is 8.48. The van der Waals surface area contributed by atoms with Crippen LogP contribution in [0.25, 0.3) is 11.8 Å². The summed E-state index contributed by atoms with van der Waals surface area (Å²) in [6, 6.07) is 23.6. The number of allylic oxidation sites excluding steroid dienone is 1. The number of nitrogens with zero attached hydrogens (tertiary/aromatic N) is 2. The van der Waals surface area contributed by atoms with Gasteiger partial charge in [-0.3, -0.25) is 9.36 Å². The highest BCUT2D eigenvalue weighted by Crippen LogP contribution is 2.28. The van der Waals surface area contributed by atoms with Gasteiger partial charge in [-0.05, 0) is 59.2 Å². The third kappa shape index (κ3) is 4.40. The van der Waals surface area contributed by atoms with Gasteiger partial charge in [0.15, 0.2) is 4.80 Å². The lowest BCUT2D eigenvalue weighted by molar-refractivity contribution is 0.414. The van der Waals surface area contributed by atoms with Gasteiger partial charge in [-0.1, -0.05) is 85.7 Å². The van der Waals surface area contributed by atoms with Gasteiger partial charge in [-0.2, -0.15) is 0 Å². The second-order valence-corrected chi connectivity index (χ2v) is 10.3. The molecule has 0 saturated heterocycles. The van der Waals surface area contributed by atoms with Gasteiger partial charge in [0.25, 0.3) is 5.56 Å². The van der Waals surface area contributed by atoms with E-state index in [0.717, 1.165) is 37.1 Å². The molecule has 7 heteroatoms. The van der Waals surface area contributed by atoms with Crippen LogP contribution < -0.4 is 19.6 Å². The normalized spacial score (nSPS) is 15.5. The number of hydrogen-bond acceptors (Lipinski definition) is 4. The zero-order valence-electron chi connectivity index (χ0n) is 17.5. The molecule has 0 N–H and O–H groups in total. The smallest absolute Gasteiger partial charge is 0.271 e. The number of hydrogen-bond donors (Lipinski definition) is 0. The van der Waals surface area contributed by atoms with Crippen LogP contribution in [-0.4, -0.2) is 11.7 Å². The number of thiazole rings is 1. The Kier molecular flexibility index (Phi) is 6.19. The number of halogens is 2. The van der Waals surface area contributed by atoms with E-state index in [4.69, 9.17) is 9.73 Å². The minimum absolute atomic E-state index is 0.0650. The molecule has 4 nitrogen and oxygen atoms in total. The van der Waals surface area contributed by atoms with Crippen molar-refractivity contribution < 1.29 is 4.74 Å². The molecule has 1 unspecified atom stereocenters. The second-order valence-electron chi connectivity index (χ2n) is 7.48. The van der Waals surface area contributed by atoms with Gasteiger partial charge in [0.1, 0.15) is 5.75 Å². The molecule has 3 aromatic carbocycles. The van der Waals surface area contributed by atoms with E-state index in [9.17, 15) is 4.79 Å². The molecule has 1 aromatic heterocycles. The molecular formula is C26H18Br2N2O2S. The maximum Gasteiger partial charge on any atom is 0.271 e. The number of rotatable bonds is 4. The van der Waals surface area contributed by atoms with E-state index in [-0.39, 0.29) is 11.6 Å². The van der Waals surface area contributed by atoms with Crippen molar-refractivity contribution in [3.63, 3.8) is 0 Å². The Hall–Kier alpha value is -2.74. The molecule has 1 aliphatic heterocycles. The van der Waals surface area contributed by atoms with Crippen LogP contribution in [0.5, 0.6) is 5.75 Å². The lowest BCUT2D eigenvalue weighted by Gasteiger charge is -2.19. The van der Waals surface area contributed by atoms with E-state index in [1.165, 1.54) is 11.3 Å². The first-order valence-corrected chi connectivity index (χ1v) is 12.6. The highest BCUT2D eigenvalue weighted by atomic mass is 79.9. The van der Waals surface area contributed by atoms with Crippen molar-refractivity contribution in [1.29, 1.82) is 0 Å². The molecule has 164 valence electrons. The summed E-state index contributed by atoms with van der Waals surface area (Å²) in [5.41, 5.74) is 3.72. The molecule has 1 atom stereocenters. The van der Waals surface area contributed by atoms with Crippen LogP contribution >= 0.6 is 43.2 Å². The molecule has 1 aliphatic rings. The predicted octanol–water partition coefficient (Wildman–Crippen LogP) is 5.54. The molecule has 0 bridgehead atoms. The fourth-order valence-corrected chi connectivity index (χ4v) is 5.38. The van der Waals surface area contributed by atoms with Crippen LogP contribution in [-0.2, 0) is 0 Å². The first-order chi connectivity index (χ1) is 16.0. The molecule has 0 spiro atoms. The van der Waals surface area contributed by atoms with Crippen molar-refractivity contribution in [2.45, 2.75) is 6.04 Å². The van der Waals surface area contributed by atoms with E-state index in [1.54, 1.807) is 11.7 Å². The fourth-order valence-electron chi connectivity index (χ4n) is 3.75. The van der Waals surface area contributed by atoms with Crippen molar-refractivity contribution in [2.24, 2.45) is 4.99 Å². The molecule has 5 rings (SSSR count). The number of methoxy groups -OCH3 is 1. The van der Waals surface area contributed by atoms with Crippen LogP contribution in [0.3, 0.4) is 0 Å². The minimum Gasteiger partial charge on any atom is -0.497 e. The minimum atomic E-state index is -0.250. The zero-order chi connectivity index (χ0) is 22.9. The maximum absolute atomic E-state index is 13.6. The van der Waals surface area contributed by atoms with Crippen LogP contribution in [0, 0.1) is 0 Å². The van der Waals surface area contributed by atoms with Gasteiger partial charge in [0, 0.05) is 8.95 Å². The molecular weight excluding hydrogens is 564 g/mol. The van der Waals surface area contributed by atoms with Gasteiger partial charge >= 0.3 is 0 Å². The lowest BCUT2D eigenvalue weighted by atomic mass is 10.0. The highest BCUT2D eigenvalue weighted by Gasteiger charge is 2.22. The van der Waals surface area contributed by atoms with Crippen molar-refractivity contribution >= 4 is 55.0 Å². The Bertz CT molecular complexity index is 1540. The number of benzene rings is 3. The highest BCUT2D eigenvalue weighted by molar-refractivity contribution is 9.10. The zero-order valence-corrected chi connectivity index (χ0v) is 21.5. The van der Waals surface area contributed by atoms with Crippen LogP contribution in [0.1, 0.15) is 22.7 Å². The number of aromatic nitrogens is 1. The van der Waals surface area contributed by atoms with E-state index >= 15 is 0 Å². The topological polar surface area (TPSA) is 43.6 Å². The van der Waals surface area contributed by atoms with Crippen molar-refractivity contribution in [1.82, 2.24) is 4.57 Å². The van der Waals surface area contributed by atoms with E-state index in [1.807, 2.05) is 78.9 Å². The summed E-state index contributed by atoms with van der Waals surface area (Å²) in [6.45, 7) is 0. The average molecular weight is 582 g/mol. The Morgan fingerprint density at radius 1 is 1.03 bits per heavy atom. The fraction of sp³-hybridized carbons (Fsp3) is 0.0769. The van der Waals surface area contributed by atoms with Crippen molar-refractivity contribution in [3.8, 4) is 5.75 Å². The van der Waals surface area contributed by atoms with Crippen LogP contribution in [0.15, 0.2) is 97.6 Å². The SMILES string of the molecule is COc1ccc(Br)c(C=c2sc3n(c2=O)C(c2ccc(Br)cc2)C=C(c2ccccc2)N=3)c1. The summed E-state index contributed by atoms with van der Waals surface area (Å²) in [4.78, 5) is 19.1. The third-order valence-electron chi connectivity index (χ3n) is 5.42. The Balaban J connectivity index is 1.73. The predicted molar refractivity (Wildman–Crippen MR) is 140 cm³/mol. The first-order valence-electron chi connectivity index (χ1n) is 10.2. The van der Waals surface area contributed by atoms with Gasteiger partial charge in [-0.25, -0.2) is 4.99 Å². The molecule has 0 radical (unpaired) electrons. The summed E-state index contributed by atoms with van der Waals surface area (Å²) in [5, 5.41) is 0. The molecule has 0 amide bonds. The molecule has 2 heterocycles. The summed E-state index contributed by atoms with van der Waals surface area (Å²) in [6.07, 6.45) is 3.95. The third-order valence-corrected chi connectivity index (χ3v) is 7.65. The Labute approximate surface area is 211 Å². The molecule has 33 heavy (non-hydrogen) atoms. The van der Waals surface area contributed by atoms with Gasteiger partial charge in [0.05, 0.1) is 23.4 Å². The molecule has 0 aliphatic carbocycles. The Morgan fingerprint density at radius 3 is 2.52 bits per heavy atom. The second kappa shape index (κ2) is 9.25. The molecule has 0 fully saturated rings. The largest absolute Gasteiger partial charge is 0.497 e. The maximum atomic E-state index is 13.6. The standard InChI is InChI=1S/C26H18Br2N2O2S/c1-32-20-11-12-21(28)18(13-20)14-24-25(31)30-23(17-7-9-19(27)10-8-17)15-22(29-26(30)33-24)16-5-3-2-4-6-16/h2-15,23H,1H3. The van der Waals surface area contributed by atoms with Gasteiger partial charge in [0.2, 0.25) is 0 Å². The summed E-state index contributed by atoms with van der Waals surface area (Å²) in [7, 11) is 1.63.